The third-order valence-electron chi connectivity index (χ3n) is 3.55. The number of methoxy groups -OCH3 is 1. The highest BCUT2D eigenvalue weighted by molar-refractivity contribution is 7.20. The fourth-order valence-electron chi connectivity index (χ4n) is 2.31. The standard InChI is InChI=1S/C16H15N5O3S/c1-8-12-14(17)18-7-19-16(12)25-13(8)15(23)21-20-6-9-3-4-10(22)11(5-9)24-2/h3-7,22H,1-2H3,(H,21,23)(H2,17,18,19)/b20-6-. The van der Waals surface area contributed by atoms with E-state index in [-0.39, 0.29) is 11.7 Å². The number of anilines is 1. The van der Waals surface area contributed by atoms with E-state index in [2.05, 4.69) is 20.5 Å². The van der Waals surface area contributed by atoms with Crippen LogP contribution in [0.1, 0.15) is 20.8 Å². The molecule has 0 spiro atoms. The van der Waals surface area contributed by atoms with E-state index in [4.69, 9.17) is 10.5 Å². The minimum atomic E-state index is -0.359. The molecule has 0 aliphatic rings. The first kappa shape index (κ1) is 16.7. The Morgan fingerprint density at radius 1 is 1.44 bits per heavy atom. The summed E-state index contributed by atoms with van der Waals surface area (Å²) in [5.74, 6) is 0.340. The number of hydrogen-bond acceptors (Lipinski definition) is 8. The fraction of sp³-hybridized carbons (Fsp3) is 0.125. The molecule has 0 radical (unpaired) electrons. The van der Waals surface area contributed by atoms with Gasteiger partial charge in [-0.25, -0.2) is 15.4 Å². The molecule has 2 aromatic heterocycles. The number of aromatic hydroxyl groups is 1. The number of nitrogens with one attached hydrogen (secondary N) is 1. The van der Waals surface area contributed by atoms with Crippen molar-refractivity contribution in [3.63, 3.8) is 0 Å². The molecule has 128 valence electrons. The molecule has 4 N–H and O–H groups in total. The summed E-state index contributed by atoms with van der Waals surface area (Å²) in [6.45, 7) is 1.79. The van der Waals surface area contributed by atoms with Crippen LogP contribution in [-0.2, 0) is 0 Å². The molecule has 2 heterocycles. The van der Waals surface area contributed by atoms with Crippen LogP contribution in [0, 0.1) is 6.92 Å². The Morgan fingerprint density at radius 3 is 2.96 bits per heavy atom. The summed E-state index contributed by atoms with van der Waals surface area (Å²) in [5, 5.41) is 14.2. The number of rotatable bonds is 4. The van der Waals surface area contributed by atoms with Gasteiger partial charge in [-0.05, 0) is 36.2 Å². The molecule has 0 fully saturated rings. The van der Waals surface area contributed by atoms with E-state index in [0.717, 1.165) is 5.56 Å². The quantitative estimate of drug-likeness (QED) is 0.485. The van der Waals surface area contributed by atoms with Crippen LogP contribution in [0.15, 0.2) is 29.6 Å². The Bertz CT molecular complexity index is 983. The molecule has 1 aromatic carbocycles. The maximum Gasteiger partial charge on any atom is 0.281 e. The predicted octanol–water partition coefficient (Wildman–Crippen LogP) is 2.06. The third kappa shape index (κ3) is 3.22. The number of amides is 1. The van der Waals surface area contributed by atoms with E-state index < -0.39 is 0 Å². The topological polar surface area (TPSA) is 123 Å². The SMILES string of the molecule is COc1cc(/C=N\NC(=O)c2sc3ncnc(N)c3c2C)ccc1O. The Hall–Kier alpha value is -3.20. The number of nitrogens with two attached hydrogens (primary N) is 1. The van der Waals surface area contributed by atoms with Crippen LogP contribution in [0.3, 0.4) is 0 Å². The van der Waals surface area contributed by atoms with Gasteiger partial charge in [-0.1, -0.05) is 0 Å². The first-order valence-corrected chi connectivity index (χ1v) is 8.03. The minimum Gasteiger partial charge on any atom is -0.504 e. The van der Waals surface area contributed by atoms with Crippen LogP contribution in [0.5, 0.6) is 11.5 Å². The van der Waals surface area contributed by atoms with Crippen molar-refractivity contribution in [2.24, 2.45) is 5.10 Å². The van der Waals surface area contributed by atoms with Gasteiger partial charge in [-0.3, -0.25) is 4.79 Å². The number of ether oxygens (including phenoxy) is 1. The Labute approximate surface area is 147 Å². The molecule has 25 heavy (non-hydrogen) atoms. The van der Waals surface area contributed by atoms with Gasteiger partial charge in [0.25, 0.3) is 5.91 Å². The van der Waals surface area contributed by atoms with Crippen LogP contribution in [0.25, 0.3) is 10.2 Å². The molecule has 0 atom stereocenters. The lowest BCUT2D eigenvalue weighted by molar-refractivity contribution is 0.0958. The van der Waals surface area contributed by atoms with Crippen LogP contribution < -0.4 is 15.9 Å². The third-order valence-corrected chi connectivity index (χ3v) is 4.74. The van der Waals surface area contributed by atoms with E-state index in [1.165, 1.54) is 37.1 Å². The van der Waals surface area contributed by atoms with Crippen molar-refractivity contribution in [3.05, 3.63) is 40.5 Å². The molecule has 3 aromatic rings. The van der Waals surface area contributed by atoms with Gasteiger partial charge in [0, 0.05) is 0 Å². The van der Waals surface area contributed by atoms with Crippen LogP contribution in [0.4, 0.5) is 5.82 Å². The number of thiophene rings is 1. The fourth-order valence-corrected chi connectivity index (χ4v) is 3.35. The molecule has 0 saturated heterocycles. The lowest BCUT2D eigenvalue weighted by Crippen LogP contribution is -2.17. The normalized spacial score (nSPS) is 11.1. The summed E-state index contributed by atoms with van der Waals surface area (Å²) in [5.41, 5.74) is 9.70. The number of fused-ring (bicyclic) bond motifs is 1. The van der Waals surface area contributed by atoms with Crippen molar-refractivity contribution in [1.82, 2.24) is 15.4 Å². The smallest absolute Gasteiger partial charge is 0.281 e. The zero-order chi connectivity index (χ0) is 18.0. The lowest BCUT2D eigenvalue weighted by atomic mass is 10.2. The molecular formula is C16H15N5O3S. The monoisotopic (exact) mass is 357 g/mol. The molecule has 0 aliphatic carbocycles. The molecule has 0 unspecified atom stereocenters. The Morgan fingerprint density at radius 2 is 2.24 bits per heavy atom. The van der Waals surface area contributed by atoms with Crippen LogP contribution in [0.2, 0.25) is 0 Å². The van der Waals surface area contributed by atoms with Crippen molar-refractivity contribution >= 4 is 39.5 Å². The Kier molecular flexibility index (Phi) is 4.48. The number of phenols is 1. The zero-order valence-electron chi connectivity index (χ0n) is 13.5. The average molecular weight is 357 g/mol. The van der Waals surface area contributed by atoms with Gasteiger partial charge < -0.3 is 15.6 Å². The van der Waals surface area contributed by atoms with Crippen molar-refractivity contribution < 1.29 is 14.6 Å². The molecule has 9 heteroatoms. The zero-order valence-corrected chi connectivity index (χ0v) is 14.3. The summed E-state index contributed by atoms with van der Waals surface area (Å²) in [4.78, 5) is 21.6. The maximum absolute atomic E-state index is 12.3. The number of nitrogen functional groups attached to an aromatic ring is 1. The molecule has 0 bridgehead atoms. The number of hydrazone groups is 1. The second kappa shape index (κ2) is 6.73. The summed E-state index contributed by atoms with van der Waals surface area (Å²) in [7, 11) is 1.45. The number of aryl methyl sites for hydroxylation is 1. The molecule has 8 nitrogen and oxygen atoms in total. The molecular weight excluding hydrogens is 342 g/mol. The summed E-state index contributed by atoms with van der Waals surface area (Å²) in [6.07, 6.45) is 2.82. The predicted molar refractivity (Wildman–Crippen MR) is 96.3 cm³/mol. The van der Waals surface area contributed by atoms with Crippen LogP contribution >= 0.6 is 11.3 Å². The number of hydrogen-bond donors (Lipinski definition) is 3. The first-order chi connectivity index (χ1) is 12.0. The number of nitrogens with zero attached hydrogens (tertiary/aromatic N) is 3. The highest BCUT2D eigenvalue weighted by Crippen LogP contribution is 2.31. The number of benzene rings is 1. The summed E-state index contributed by atoms with van der Waals surface area (Å²) < 4.78 is 5.02. The first-order valence-electron chi connectivity index (χ1n) is 7.21. The van der Waals surface area contributed by atoms with Gasteiger partial charge in [-0.2, -0.15) is 5.10 Å². The number of carbonyl (C=O) groups excluding carboxylic acids is 1. The largest absolute Gasteiger partial charge is 0.504 e. The molecule has 0 aliphatic heterocycles. The second-order valence-electron chi connectivity index (χ2n) is 5.13. The second-order valence-corrected chi connectivity index (χ2v) is 6.12. The molecule has 3 rings (SSSR count). The van der Waals surface area contributed by atoms with Gasteiger partial charge in [0.1, 0.15) is 17.0 Å². The van der Waals surface area contributed by atoms with Crippen molar-refractivity contribution in [2.75, 3.05) is 12.8 Å². The number of aromatic nitrogens is 2. The van der Waals surface area contributed by atoms with E-state index in [1.807, 2.05) is 0 Å². The van der Waals surface area contributed by atoms with E-state index >= 15 is 0 Å². The van der Waals surface area contributed by atoms with E-state index in [9.17, 15) is 9.90 Å². The van der Waals surface area contributed by atoms with E-state index in [1.54, 1.807) is 19.1 Å². The lowest BCUT2D eigenvalue weighted by Gasteiger charge is -2.03. The van der Waals surface area contributed by atoms with Gasteiger partial charge in [0.05, 0.1) is 23.6 Å². The van der Waals surface area contributed by atoms with Crippen molar-refractivity contribution in [2.45, 2.75) is 6.92 Å². The number of phenolic OH excluding ortho intramolecular Hbond substituents is 1. The Balaban J connectivity index is 1.79. The van der Waals surface area contributed by atoms with Gasteiger partial charge in [0.2, 0.25) is 0 Å². The van der Waals surface area contributed by atoms with E-state index in [0.29, 0.717) is 32.2 Å². The number of carbonyl (C=O) groups is 1. The van der Waals surface area contributed by atoms with Gasteiger partial charge >= 0.3 is 0 Å². The highest BCUT2D eigenvalue weighted by atomic mass is 32.1. The highest BCUT2D eigenvalue weighted by Gasteiger charge is 2.17. The van der Waals surface area contributed by atoms with Gasteiger partial charge in [-0.15, -0.1) is 11.3 Å². The summed E-state index contributed by atoms with van der Waals surface area (Å²) in [6, 6.07) is 4.74. The van der Waals surface area contributed by atoms with Crippen molar-refractivity contribution in [1.29, 1.82) is 0 Å². The van der Waals surface area contributed by atoms with Gasteiger partial charge in [0.15, 0.2) is 11.5 Å². The van der Waals surface area contributed by atoms with Crippen molar-refractivity contribution in [3.8, 4) is 11.5 Å². The van der Waals surface area contributed by atoms with Crippen LogP contribution in [-0.4, -0.2) is 34.3 Å². The molecule has 1 amide bonds. The molecule has 0 saturated carbocycles. The minimum absolute atomic E-state index is 0.0308. The maximum atomic E-state index is 12.3. The summed E-state index contributed by atoms with van der Waals surface area (Å²) >= 11 is 1.23. The average Bonchev–Trinajstić information content (AvgIpc) is 2.94.